The number of hydrogen-bond donors (Lipinski definition) is 0. The quantitative estimate of drug-likeness (QED) is 0.556. The van der Waals surface area contributed by atoms with Gasteiger partial charge in [-0.1, -0.05) is 44.5 Å². The smallest absolute Gasteiger partial charge is 0.363 e. The minimum atomic E-state index is -0.515. The third kappa shape index (κ3) is 3.43. The summed E-state index contributed by atoms with van der Waals surface area (Å²) in [6.07, 6.45) is 1.59. The van der Waals surface area contributed by atoms with Crippen LogP contribution in [0.15, 0.2) is 47.1 Å². The first-order valence-electron chi connectivity index (χ1n) is 8.54. The van der Waals surface area contributed by atoms with Gasteiger partial charge < -0.3 is 14.2 Å². The lowest BCUT2D eigenvalue weighted by Gasteiger charge is -2.18. The number of carbonyl (C=O) groups excluding carboxylic acids is 1. The molecule has 0 atom stereocenters. The Kier molecular flexibility index (Phi) is 4.19. The van der Waals surface area contributed by atoms with E-state index in [9.17, 15) is 4.79 Å². The summed E-state index contributed by atoms with van der Waals surface area (Å²) in [7, 11) is 0. The number of benzene rings is 2. The summed E-state index contributed by atoms with van der Waals surface area (Å²) in [4.78, 5) is 16.6. The normalized spacial score (nSPS) is 17.3. The largest absolute Gasteiger partial charge is 0.454 e. The molecule has 27 heavy (non-hydrogen) atoms. The Hall–Kier alpha value is -2.79. The van der Waals surface area contributed by atoms with Gasteiger partial charge in [0.15, 0.2) is 17.2 Å². The molecule has 2 aliphatic heterocycles. The molecule has 138 valence electrons. The van der Waals surface area contributed by atoms with Crippen molar-refractivity contribution in [3.05, 3.63) is 63.8 Å². The molecule has 0 N–H and O–H groups in total. The van der Waals surface area contributed by atoms with Gasteiger partial charge in [-0.2, -0.15) is 0 Å². The SMILES string of the molecule is CC(C)(C)c1ccc(C2=N/C(=C/c3cc4c(cc3Cl)OCO4)C(=O)O2)cc1. The van der Waals surface area contributed by atoms with E-state index in [1.54, 1.807) is 18.2 Å². The van der Waals surface area contributed by atoms with Crippen molar-refractivity contribution in [2.75, 3.05) is 6.79 Å². The molecule has 0 unspecified atom stereocenters. The van der Waals surface area contributed by atoms with Gasteiger partial charge in [0, 0.05) is 11.6 Å². The first kappa shape index (κ1) is 17.6. The van der Waals surface area contributed by atoms with Crippen molar-refractivity contribution in [1.82, 2.24) is 0 Å². The van der Waals surface area contributed by atoms with Crippen LogP contribution >= 0.6 is 11.6 Å². The number of ether oxygens (including phenoxy) is 3. The molecule has 4 rings (SSSR count). The lowest BCUT2D eigenvalue weighted by Crippen LogP contribution is -2.11. The maximum Gasteiger partial charge on any atom is 0.363 e. The summed E-state index contributed by atoms with van der Waals surface area (Å²) < 4.78 is 16.0. The average molecular weight is 384 g/mol. The van der Waals surface area contributed by atoms with E-state index in [1.165, 1.54) is 5.56 Å². The summed E-state index contributed by atoms with van der Waals surface area (Å²) in [6, 6.07) is 11.2. The zero-order valence-electron chi connectivity index (χ0n) is 15.2. The number of carbonyl (C=O) groups is 1. The molecule has 6 heteroatoms. The molecule has 0 amide bonds. The highest BCUT2D eigenvalue weighted by Gasteiger charge is 2.25. The average Bonchev–Trinajstić information content (AvgIpc) is 3.21. The fourth-order valence-electron chi connectivity index (χ4n) is 2.84. The van der Waals surface area contributed by atoms with Crippen molar-refractivity contribution in [3.63, 3.8) is 0 Å². The predicted molar refractivity (Wildman–Crippen MR) is 103 cm³/mol. The number of esters is 1. The molecule has 0 spiro atoms. The number of fused-ring (bicyclic) bond motifs is 1. The fraction of sp³-hybridized carbons (Fsp3) is 0.238. The van der Waals surface area contributed by atoms with Crippen LogP contribution < -0.4 is 9.47 Å². The van der Waals surface area contributed by atoms with Crippen LogP contribution in [0.5, 0.6) is 11.5 Å². The second-order valence-electron chi connectivity index (χ2n) is 7.39. The third-order valence-electron chi connectivity index (χ3n) is 4.40. The van der Waals surface area contributed by atoms with Crippen LogP contribution in [0.3, 0.4) is 0 Å². The minimum absolute atomic E-state index is 0.0495. The third-order valence-corrected chi connectivity index (χ3v) is 4.73. The molecule has 0 bridgehead atoms. The topological polar surface area (TPSA) is 57.1 Å². The van der Waals surface area contributed by atoms with E-state index in [-0.39, 0.29) is 23.8 Å². The molecular weight excluding hydrogens is 366 g/mol. The predicted octanol–water partition coefficient (Wildman–Crippen LogP) is 4.71. The molecule has 0 aliphatic carbocycles. The summed E-state index contributed by atoms with van der Waals surface area (Å²) in [5.41, 5.74) is 2.79. The lowest BCUT2D eigenvalue weighted by atomic mass is 9.87. The zero-order valence-corrected chi connectivity index (χ0v) is 16.0. The molecule has 2 aromatic carbocycles. The summed E-state index contributed by atoms with van der Waals surface area (Å²) in [5.74, 6) is 0.932. The number of hydrogen-bond acceptors (Lipinski definition) is 5. The molecule has 2 aromatic rings. The van der Waals surface area contributed by atoms with Gasteiger partial charge in [0.2, 0.25) is 12.7 Å². The highest BCUT2D eigenvalue weighted by molar-refractivity contribution is 6.32. The van der Waals surface area contributed by atoms with Gasteiger partial charge in [0.1, 0.15) is 0 Å². The molecule has 0 aromatic heterocycles. The Morgan fingerprint density at radius 1 is 1.07 bits per heavy atom. The van der Waals surface area contributed by atoms with Crippen LogP contribution in [0.2, 0.25) is 5.02 Å². The summed E-state index contributed by atoms with van der Waals surface area (Å²) >= 11 is 6.27. The Morgan fingerprint density at radius 2 is 1.74 bits per heavy atom. The van der Waals surface area contributed by atoms with Gasteiger partial charge in [-0.05, 0) is 40.8 Å². The van der Waals surface area contributed by atoms with E-state index < -0.39 is 5.97 Å². The number of halogens is 1. The monoisotopic (exact) mass is 383 g/mol. The number of rotatable bonds is 2. The van der Waals surface area contributed by atoms with Gasteiger partial charge in [0.25, 0.3) is 0 Å². The van der Waals surface area contributed by atoms with Crippen LogP contribution in [0.1, 0.15) is 37.5 Å². The molecule has 5 nitrogen and oxygen atoms in total. The van der Waals surface area contributed by atoms with Crippen molar-refractivity contribution < 1.29 is 19.0 Å². The molecule has 0 fully saturated rings. The lowest BCUT2D eigenvalue weighted by molar-refractivity contribution is -0.129. The molecule has 0 radical (unpaired) electrons. The number of nitrogens with zero attached hydrogens (tertiary/aromatic N) is 1. The van der Waals surface area contributed by atoms with Crippen molar-refractivity contribution in [2.24, 2.45) is 4.99 Å². The summed E-state index contributed by atoms with van der Waals surface area (Å²) in [6.45, 7) is 6.59. The van der Waals surface area contributed by atoms with Crippen LogP contribution in [-0.4, -0.2) is 18.7 Å². The van der Waals surface area contributed by atoms with Crippen LogP contribution in [-0.2, 0) is 14.9 Å². The van der Waals surface area contributed by atoms with Gasteiger partial charge in [0.05, 0.1) is 5.02 Å². The maximum atomic E-state index is 12.2. The van der Waals surface area contributed by atoms with Gasteiger partial charge in [-0.25, -0.2) is 9.79 Å². The highest BCUT2D eigenvalue weighted by atomic mass is 35.5. The first-order chi connectivity index (χ1) is 12.8. The van der Waals surface area contributed by atoms with Crippen molar-refractivity contribution in [1.29, 1.82) is 0 Å². The number of cyclic esters (lactones) is 1. The Balaban J connectivity index is 1.65. The van der Waals surface area contributed by atoms with Crippen LogP contribution in [0.25, 0.3) is 6.08 Å². The number of aliphatic imine (C=N–C) groups is 1. The van der Waals surface area contributed by atoms with E-state index in [0.29, 0.717) is 22.1 Å². The minimum Gasteiger partial charge on any atom is -0.454 e. The second-order valence-corrected chi connectivity index (χ2v) is 7.80. The van der Waals surface area contributed by atoms with Crippen LogP contribution in [0.4, 0.5) is 0 Å². The second kappa shape index (κ2) is 6.43. The van der Waals surface area contributed by atoms with E-state index in [1.807, 2.05) is 24.3 Å². The molecule has 0 saturated carbocycles. The van der Waals surface area contributed by atoms with Gasteiger partial charge in [-0.15, -0.1) is 0 Å². The standard InChI is InChI=1S/C21H18ClNO4/c1-21(2,3)14-6-4-12(5-7-14)19-23-16(20(24)27-19)8-13-9-17-18(10-15(13)22)26-11-25-17/h4-10H,11H2,1-3H3/b16-8+. The van der Waals surface area contributed by atoms with E-state index in [2.05, 4.69) is 25.8 Å². The van der Waals surface area contributed by atoms with Crippen LogP contribution in [0, 0.1) is 0 Å². The molecule has 2 heterocycles. The zero-order chi connectivity index (χ0) is 19.2. The molecular formula is C21H18ClNO4. The summed E-state index contributed by atoms with van der Waals surface area (Å²) in [5, 5.41) is 0.442. The van der Waals surface area contributed by atoms with Gasteiger partial charge in [-0.3, -0.25) is 0 Å². The van der Waals surface area contributed by atoms with Gasteiger partial charge >= 0.3 is 5.97 Å². The van der Waals surface area contributed by atoms with E-state index in [0.717, 1.165) is 5.56 Å². The molecule has 0 saturated heterocycles. The fourth-order valence-corrected chi connectivity index (χ4v) is 3.04. The Bertz CT molecular complexity index is 984. The highest BCUT2D eigenvalue weighted by Crippen LogP contribution is 2.38. The molecule has 2 aliphatic rings. The van der Waals surface area contributed by atoms with Crippen molar-refractivity contribution >= 4 is 29.5 Å². The first-order valence-corrected chi connectivity index (χ1v) is 8.92. The van der Waals surface area contributed by atoms with E-state index in [4.69, 9.17) is 25.8 Å². The van der Waals surface area contributed by atoms with Crippen molar-refractivity contribution in [3.8, 4) is 11.5 Å². The van der Waals surface area contributed by atoms with Crippen molar-refractivity contribution in [2.45, 2.75) is 26.2 Å². The van der Waals surface area contributed by atoms with E-state index >= 15 is 0 Å². The Labute approximate surface area is 162 Å². The Morgan fingerprint density at radius 3 is 2.41 bits per heavy atom. The maximum absolute atomic E-state index is 12.2.